The van der Waals surface area contributed by atoms with E-state index in [0.29, 0.717) is 11.7 Å². The predicted octanol–water partition coefficient (Wildman–Crippen LogP) is 2.18. The molecule has 0 spiro atoms. The molecule has 0 aliphatic carbocycles. The Morgan fingerprint density at radius 2 is 2.06 bits per heavy atom. The number of para-hydroxylation sites is 1. The summed E-state index contributed by atoms with van der Waals surface area (Å²) in [4.78, 5) is 12.1. The van der Waals surface area contributed by atoms with E-state index in [2.05, 4.69) is 0 Å². The molecule has 1 saturated heterocycles. The highest BCUT2D eigenvalue weighted by Gasteiger charge is 2.47. The van der Waals surface area contributed by atoms with Crippen molar-refractivity contribution in [3.63, 3.8) is 0 Å². The van der Waals surface area contributed by atoms with Crippen LogP contribution < -0.4 is 4.67 Å². The summed E-state index contributed by atoms with van der Waals surface area (Å²) < 4.78 is 16.1. The van der Waals surface area contributed by atoms with Gasteiger partial charge in [0.15, 0.2) is 0 Å². The Labute approximate surface area is 94.3 Å². The Bertz CT molecular complexity index is 514. The number of carbonyl (C=O) groups excluding carboxylic acids is 1. The minimum atomic E-state index is -2.64. The predicted molar refractivity (Wildman–Crippen MR) is 63.0 cm³/mol. The molecule has 1 atom stereocenters. The van der Waals surface area contributed by atoms with Crippen molar-refractivity contribution in [3.8, 4) is 0 Å². The van der Waals surface area contributed by atoms with Crippen LogP contribution in [0.5, 0.6) is 0 Å². The molecular weight excluding hydrogens is 223 g/mol. The lowest BCUT2D eigenvalue weighted by Gasteiger charge is -2.39. The molecule has 5 heteroatoms. The van der Waals surface area contributed by atoms with Gasteiger partial charge in [-0.3, -0.25) is 14.0 Å². The molecule has 1 aromatic carbocycles. The summed E-state index contributed by atoms with van der Waals surface area (Å²) in [5.74, 6) is -0.114. The molecule has 0 saturated carbocycles. The summed E-state index contributed by atoms with van der Waals surface area (Å²) in [7, 11) is -0.986. The van der Waals surface area contributed by atoms with Crippen molar-refractivity contribution in [3.05, 3.63) is 29.8 Å². The lowest BCUT2D eigenvalue weighted by molar-refractivity contribution is 0.0877. The summed E-state index contributed by atoms with van der Waals surface area (Å²) in [6, 6.07) is 7.42. The number of rotatable bonds is 0. The molecule has 1 fully saturated rings. The van der Waals surface area contributed by atoms with E-state index < -0.39 is 7.44 Å². The van der Waals surface area contributed by atoms with Gasteiger partial charge in [-0.05, 0) is 18.6 Å². The van der Waals surface area contributed by atoms with Gasteiger partial charge >= 0.3 is 0 Å². The fourth-order valence-electron chi connectivity index (χ4n) is 2.50. The van der Waals surface area contributed by atoms with Gasteiger partial charge in [-0.25, -0.2) is 0 Å². The van der Waals surface area contributed by atoms with Gasteiger partial charge < -0.3 is 4.67 Å². The Morgan fingerprint density at radius 3 is 2.88 bits per heavy atom. The molecule has 16 heavy (non-hydrogen) atoms. The summed E-state index contributed by atoms with van der Waals surface area (Å²) in [5, 5.41) is 0. The highest BCUT2D eigenvalue weighted by atomic mass is 31.2. The highest BCUT2D eigenvalue weighted by Crippen LogP contribution is 2.62. The van der Waals surface area contributed by atoms with Crippen LogP contribution in [-0.4, -0.2) is 30.3 Å². The Hall–Kier alpha value is -1.28. The van der Waals surface area contributed by atoms with Gasteiger partial charge in [-0.15, -0.1) is 0 Å². The van der Waals surface area contributed by atoms with Crippen LogP contribution in [0.25, 0.3) is 0 Å². The van der Waals surface area contributed by atoms with Crippen molar-refractivity contribution in [2.24, 2.45) is 0 Å². The molecular formula is C11H13N2O2P. The Balaban J connectivity index is 2.26. The van der Waals surface area contributed by atoms with Crippen molar-refractivity contribution in [1.82, 2.24) is 4.67 Å². The van der Waals surface area contributed by atoms with Crippen molar-refractivity contribution in [2.75, 3.05) is 24.4 Å². The second-order valence-electron chi connectivity index (χ2n) is 4.21. The van der Waals surface area contributed by atoms with E-state index in [4.69, 9.17) is 0 Å². The van der Waals surface area contributed by atoms with E-state index in [1.54, 1.807) is 13.1 Å². The van der Waals surface area contributed by atoms with Gasteiger partial charge in [0.2, 0.25) is 0 Å². The molecule has 4 nitrogen and oxygen atoms in total. The maximum Gasteiger partial charge on any atom is 0.265 e. The standard InChI is InChI=1S/C11H13N2O2P/c1-12-11(14)9-5-2-3-6-10(9)13-7-4-8-16(12,13)15/h2-3,5-6H,4,7-8H2,1H3. The van der Waals surface area contributed by atoms with Gasteiger partial charge in [0.1, 0.15) is 0 Å². The minimum Gasteiger partial charge on any atom is -0.306 e. The smallest absolute Gasteiger partial charge is 0.265 e. The first-order valence-corrected chi connectivity index (χ1v) is 7.19. The first kappa shape index (κ1) is 9.91. The van der Waals surface area contributed by atoms with Crippen LogP contribution in [0.4, 0.5) is 5.69 Å². The molecule has 1 unspecified atom stereocenters. The Morgan fingerprint density at radius 1 is 1.31 bits per heavy atom. The quantitative estimate of drug-likeness (QED) is 0.648. The normalized spacial score (nSPS) is 27.9. The molecule has 84 valence electrons. The zero-order valence-electron chi connectivity index (χ0n) is 9.09. The molecule has 2 aliphatic rings. The fourth-order valence-corrected chi connectivity index (χ4v) is 5.28. The van der Waals surface area contributed by atoms with E-state index >= 15 is 0 Å². The Kier molecular flexibility index (Phi) is 1.93. The van der Waals surface area contributed by atoms with Crippen LogP contribution in [0.2, 0.25) is 0 Å². The van der Waals surface area contributed by atoms with Gasteiger partial charge in [0.05, 0.1) is 11.3 Å². The van der Waals surface area contributed by atoms with Crippen LogP contribution in [0.15, 0.2) is 24.3 Å². The average Bonchev–Trinajstić information content (AvgIpc) is 2.70. The zero-order valence-corrected chi connectivity index (χ0v) is 9.98. The first-order valence-electron chi connectivity index (χ1n) is 5.39. The van der Waals surface area contributed by atoms with Gasteiger partial charge in [0.25, 0.3) is 13.4 Å². The summed E-state index contributed by atoms with van der Waals surface area (Å²) in [6.45, 7) is 0.784. The number of hydrogen-bond acceptors (Lipinski definition) is 2. The zero-order chi connectivity index (χ0) is 11.3. The van der Waals surface area contributed by atoms with Gasteiger partial charge in [-0.1, -0.05) is 12.1 Å². The minimum absolute atomic E-state index is 0.114. The average molecular weight is 236 g/mol. The third-order valence-electron chi connectivity index (χ3n) is 3.37. The number of nitrogens with zero attached hydrogens (tertiary/aromatic N) is 2. The maximum absolute atomic E-state index is 12.7. The largest absolute Gasteiger partial charge is 0.306 e. The lowest BCUT2D eigenvalue weighted by Crippen LogP contribution is -2.36. The summed E-state index contributed by atoms with van der Waals surface area (Å²) in [6.07, 6.45) is 1.51. The monoisotopic (exact) mass is 236 g/mol. The number of hydrogen-bond donors (Lipinski definition) is 0. The van der Waals surface area contributed by atoms with Crippen molar-refractivity contribution in [1.29, 1.82) is 0 Å². The topological polar surface area (TPSA) is 40.6 Å². The number of anilines is 1. The summed E-state index contributed by atoms with van der Waals surface area (Å²) >= 11 is 0. The number of amides is 1. The molecule has 0 radical (unpaired) electrons. The van der Waals surface area contributed by atoms with Crippen molar-refractivity contribution >= 4 is 19.0 Å². The summed E-state index contributed by atoms with van der Waals surface area (Å²) in [5.41, 5.74) is 1.50. The van der Waals surface area contributed by atoms with E-state index in [9.17, 15) is 9.36 Å². The third-order valence-corrected chi connectivity index (χ3v) is 6.56. The van der Waals surface area contributed by atoms with Crippen LogP contribution in [0, 0.1) is 0 Å². The van der Waals surface area contributed by atoms with E-state index in [1.165, 1.54) is 4.67 Å². The molecule has 0 N–H and O–H groups in total. The maximum atomic E-state index is 12.7. The van der Waals surface area contributed by atoms with Crippen LogP contribution in [0.1, 0.15) is 16.8 Å². The molecule has 2 heterocycles. The molecule has 2 aliphatic heterocycles. The van der Waals surface area contributed by atoms with Crippen LogP contribution >= 0.6 is 7.44 Å². The lowest BCUT2D eigenvalue weighted by atomic mass is 10.1. The molecule has 0 bridgehead atoms. The van der Waals surface area contributed by atoms with E-state index in [1.807, 2.05) is 22.9 Å². The first-order chi connectivity index (χ1) is 7.64. The van der Waals surface area contributed by atoms with Gasteiger partial charge in [-0.2, -0.15) is 0 Å². The molecule has 1 aromatic rings. The second-order valence-corrected chi connectivity index (χ2v) is 7.07. The van der Waals surface area contributed by atoms with E-state index in [0.717, 1.165) is 18.7 Å². The number of benzene rings is 1. The van der Waals surface area contributed by atoms with Crippen LogP contribution in [0.3, 0.4) is 0 Å². The van der Waals surface area contributed by atoms with Crippen molar-refractivity contribution in [2.45, 2.75) is 6.42 Å². The van der Waals surface area contributed by atoms with E-state index in [-0.39, 0.29) is 5.91 Å². The second kappa shape index (κ2) is 3.11. The van der Waals surface area contributed by atoms with Crippen LogP contribution in [-0.2, 0) is 4.57 Å². The van der Waals surface area contributed by atoms with Gasteiger partial charge in [0, 0.05) is 19.8 Å². The number of fused-ring (bicyclic) bond motifs is 3. The third kappa shape index (κ3) is 1.05. The number of carbonyl (C=O) groups is 1. The highest BCUT2D eigenvalue weighted by molar-refractivity contribution is 7.64. The SMILES string of the molecule is CN1C(=O)c2ccccc2N2CCCP12=O. The fraction of sp³-hybridized carbons (Fsp3) is 0.364. The molecule has 0 aromatic heterocycles. The van der Waals surface area contributed by atoms with Crippen molar-refractivity contribution < 1.29 is 9.36 Å². The molecule has 1 amide bonds. The molecule has 3 rings (SSSR count).